The number of benzene rings is 1. The zero-order chi connectivity index (χ0) is 13.3. The van der Waals surface area contributed by atoms with Gasteiger partial charge in [0.1, 0.15) is 5.82 Å². The largest absolute Gasteiger partial charge is 0.369 e. The first-order valence-electron chi connectivity index (χ1n) is 6.42. The minimum absolute atomic E-state index is 0.200. The van der Waals surface area contributed by atoms with E-state index in [1.54, 1.807) is 6.20 Å². The molecular formula is C14H16N2O2S. The summed E-state index contributed by atoms with van der Waals surface area (Å²) in [5.41, 5.74) is 0. The Labute approximate surface area is 112 Å². The number of nitrogens with zero attached hydrogens (tertiary/aromatic N) is 1. The van der Waals surface area contributed by atoms with E-state index in [4.69, 9.17) is 0 Å². The Morgan fingerprint density at radius 3 is 2.89 bits per heavy atom. The SMILES string of the molecule is O=S1(=O)CCC(CNc2nccc3ccccc23)C1. The van der Waals surface area contributed by atoms with E-state index in [0.717, 1.165) is 23.0 Å². The van der Waals surface area contributed by atoms with Crippen LogP contribution >= 0.6 is 0 Å². The molecule has 1 aliphatic rings. The highest BCUT2D eigenvalue weighted by atomic mass is 32.2. The van der Waals surface area contributed by atoms with Crippen LogP contribution in [0, 0.1) is 5.92 Å². The number of nitrogens with one attached hydrogen (secondary N) is 1. The van der Waals surface area contributed by atoms with Crippen LogP contribution in [0.15, 0.2) is 36.5 Å². The van der Waals surface area contributed by atoms with Crippen molar-refractivity contribution in [3.8, 4) is 0 Å². The van der Waals surface area contributed by atoms with Crippen LogP contribution in [-0.4, -0.2) is 31.5 Å². The third-order valence-electron chi connectivity index (χ3n) is 3.56. The van der Waals surface area contributed by atoms with Crippen molar-refractivity contribution in [1.82, 2.24) is 4.98 Å². The number of hydrogen-bond acceptors (Lipinski definition) is 4. The Kier molecular flexibility index (Phi) is 3.14. The van der Waals surface area contributed by atoms with Crippen molar-refractivity contribution >= 4 is 26.4 Å². The summed E-state index contributed by atoms with van der Waals surface area (Å²) in [5.74, 6) is 1.65. The van der Waals surface area contributed by atoms with Crippen LogP contribution in [-0.2, 0) is 9.84 Å². The van der Waals surface area contributed by atoms with Crippen LogP contribution in [0.25, 0.3) is 10.8 Å². The molecule has 3 rings (SSSR count). The maximum atomic E-state index is 11.4. The molecule has 1 atom stereocenters. The fraction of sp³-hybridized carbons (Fsp3) is 0.357. The number of anilines is 1. The first-order valence-corrected chi connectivity index (χ1v) is 8.24. The summed E-state index contributed by atoms with van der Waals surface area (Å²) in [4.78, 5) is 4.34. The zero-order valence-electron chi connectivity index (χ0n) is 10.5. The molecule has 2 heterocycles. The monoisotopic (exact) mass is 276 g/mol. The molecule has 4 nitrogen and oxygen atoms in total. The van der Waals surface area contributed by atoms with E-state index < -0.39 is 9.84 Å². The average Bonchev–Trinajstić information content (AvgIpc) is 2.76. The zero-order valence-corrected chi connectivity index (χ0v) is 11.4. The Hall–Kier alpha value is -1.62. The van der Waals surface area contributed by atoms with Crippen molar-refractivity contribution in [2.45, 2.75) is 6.42 Å². The van der Waals surface area contributed by atoms with Gasteiger partial charge in [0.25, 0.3) is 0 Å². The van der Waals surface area contributed by atoms with Gasteiger partial charge in [-0.1, -0.05) is 24.3 Å². The maximum Gasteiger partial charge on any atom is 0.150 e. The van der Waals surface area contributed by atoms with E-state index in [0.29, 0.717) is 18.1 Å². The lowest BCUT2D eigenvalue weighted by Crippen LogP contribution is -2.16. The highest BCUT2D eigenvalue weighted by molar-refractivity contribution is 7.91. The topological polar surface area (TPSA) is 59.1 Å². The molecule has 1 fully saturated rings. The summed E-state index contributed by atoms with van der Waals surface area (Å²) in [7, 11) is -2.80. The lowest BCUT2D eigenvalue weighted by molar-refractivity contribution is 0.596. The number of fused-ring (bicyclic) bond motifs is 1. The highest BCUT2D eigenvalue weighted by Gasteiger charge is 2.27. The predicted molar refractivity (Wildman–Crippen MR) is 77.0 cm³/mol. The smallest absolute Gasteiger partial charge is 0.150 e. The van der Waals surface area contributed by atoms with Crippen molar-refractivity contribution in [3.63, 3.8) is 0 Å². The number of aromatic nitrogens is 1. The van der Waals surface area contributed by atoms with Crippen LogP contribution in [0.4, 0.5) is 5.82 Å². The van der Waals surface area contributed by atoms with Crippen molar-refractivity contribution in [1.29, 1.82) is 0 Å². The molecule has 0 amide bonds. The van der Waals surface area contributed by atoms with Crippen LogP contribution < -0.4 is 5.32 Å². The molecule has 0 saturated carbocycles. The number of pyridine rings is 1. The molecule has 100 valence electrons. The first kappa shape index (κ1) is 12.4. The van der Waals surface area contributed by atoms with Gasteiger partial charge in [-0.05, 0) is 23.8 Å². The molecule has 1 aliphatic heterocycles. The summed E-state index contributed by atoms with van der Waals surface area (Å²) >= 11 is 0. The molecule has 5 heteroatoms. The molecule has 1 N–H and O–H groups in total. The number of hydrogen-bond donors (Lipinski definition) is 1. The molecule has 0 aliphatic carbocycles. The molecule has 19 heavy (non-hydrogen) atoms. The molecule has 0 radical (unpaired) electrons. The minimum Gasteiger partial charge on any atom is -0.369 e. The Balaban J connectivity index is 1.76. The summed E-state index contributed by atoms with van der Waals surface area (Å²) in [6, 6.07) is 10.0. The van der Waals surface area contributed by atoms with Crippen molar-refractivity contribution in [2.75, 3.05) is 23.4 Å². The normalized spacial score (nSPS) is 21.6. The summed E-state index contributed by atoms with van der Waals surface area (Å²) in [6.07, 6.45) is 2.52. The van der Waals surface area contributed by atoms with Crippen molar-refractivity contribution in [2.24, 2.45) is 5.92 Å². The average molecular weight is 276 g/mol. The van der Waals surface area contributed by atoms with Crippen LogP contribution in [0.3, 0.4) is 0 Å². The number of rotatable bonds is 3. The standard InChI is InChI=1S/C14H16N2O2S/c17-19(18)8-6-11(10-19)9-16-14-13-4-2-1-3-12(13)5-7-15-14/h1-5,7,11H,6,8-10H2,(H,15,16). The summed E-state index contributed by atoms with van der Waals surface area (Å²) < 4.78 is 22.8. The van der Waals surface area contributed by atoms with Crippen LogP contribution in [0.2, 0.25) is 0 Å². The van der Waals surface area contributed by atoms with E-state index in [-0.39, 0.29) is 5.92 Å². The van der Waals surface area contributed by atoms with Gasteiger partial charge >= 0.3 is 0 Å². The van der Waals surface area contributed by atoms with E-state index >= 15 is 0 Å². The van der Waals surface area contributed by atoms with Gasteiger partial charge in [0.2, 0.25) is 0 Å². The maximum absolute atomic E-state index is 11.4. The van der Waals surface area contributed by atoms with Gasteiger partial charge in [0, 0.05) is 18.1 Å². The number of sulfone groups is 1. The van der Waals surface area contributed by atoms with Crippen LogP contribution in [0.5, 0.6) is 0 Å². The molecule has 0 bridgehead atoms. The third kappa shape index (κ3) is 2.71. The first-order chi connectivity index (χ1) is 9.14. The van der Waals surface area contributed by atoms with Gasteiger partial charge in [-0.2, -0.15) is 0 Å². The van der Waals surface area contributed by atoms with Gasteiger partial charge in [0.05, 0.1) is 11.5 Å². The third-order valence-corrected chi connectivity index (χ3v) is 5.40. The summed E-state index contributed by atoms with van der Waals surface area (Å²) in [5, 5.41) is 5.50. The van der Waals surface area contributed by atoms with Crippen molar-refractivity contribution in [3.05, 3.63) is 36.5 Å². The molecule has 1 aromatic heterocycles. The van der Waals surface area contributed by atoms with Gasteiger partial charge in [-0.15, -0.1) is 0 Å². The van der Waals surface area contributed by atoms with Gasteiger partial charge in [-0.25, -0.2) is 13.4 Å². The Bertz CT molecular complexity index is 692. The van der Waals surface area contributed by atoms with E-state index in [1.807, 2.05) is 30.3 Å². The second-order valence-electron chi connectivity index (χ2n) is 5.03. The van der Waals surface area contributed by atoms with E-state index in [9.17, 15) is 8.42 Å². The molecule has 1 unspecified atom stereocenters. The van der Waals surface area contributed by atoms with Gasteiger partial charge < -0.3 is 5.32 Å². The second kappa shape index (κ2) is 4.81. The second-order valence-corrected chi connectivity index (χ2v) is 7.26. The predicted octanol–water partition coefficient (Wildman–Crippen LogP) is 2.08. The molecule has 1 aromatic carbocycles. The van der Waals surface area contributed by atoms with E-state index in [1.165, 1.54) is 0 Å². The lowest BCUT2D eigenvalue weighted by Gasteiger charge is -2.12. The summed E-state index contributed by atoms with van der Waals surface area (Å²) in [6.45, 7) is 0.667. The Morgan fingerprint density at radius 1 is 1.26 bits per heavy atom. The minimum atomic E-state index is -2.80. The fourth-order valence-electron chi connectivity index (χ4n) is 2.53. The molecular weight excluding hydrogens is 260 g/mol. The molecule has 0 spiro atoms. The van der Waals surface area contributed by atoms with Crippen LogP contribution in [0.1, 0.15) is 6.42 Å². The van der Waals surface area contributed by atoms with Gasteiger partial charge in [0.15, 0.2) is 9.84 Å². The van der Waals surface area contributed by atoms with Crippen molar-refractivity contribution < 1.29 is 8.42 Å². The molecule has 2 aromatic rings. The molecule has 1 saturated heterocycles. The quantitative estimate of drug-likeness (QED) is 0.932. The highest BCUT2D eigenvalue weighted by Crippen LogP contribution is 2.23. The Morgan fingerprint density at radius 2 is 2.11 bits per heavy atom. The lowest BCUT2D eigenvalue weighted by atomic mass is 10.1. The fourth-order valence-corrected chi connectivity index (χ4v) is 4.40. The van der Waals surface area contributed by atoms with E-state index in [2.05, 4.69) is 10.3 Å². The van der Waals surface area contributed by atoms with Gasteiger partial charge in [-0.3, -0.25) is 0 Å².